The zero-order chi connectivity index (χ0) is 58.9. The van der Waals surface area contributed by atoms with Crippen LogP contribution in [0.1, 0.15) is 49.9 Å². The smallest absolute Gasteiger partial charge is 0.241 e. The summed E-state index contributed by atoms with van der Waals surface area (Å²) < 4.78 is 22.1. The van der Waals surface area contributed by atoms with Gasteiger partial charge in [-0.05, 0) is 219 Å². The number of nitrogens with zero attached hydrogens (tertiary/aromatic N) is 7. The highest BCUT2D eigenvalue weighted by Gasteiger charge is 2.25. The molecule has 21 heteroatoms. The first kappa shape index (κ1) is 56.0. The van der Waals surface area contributed by atoms with Crippen molar-refractivity contribution in [2.45, 2.75) is 69.9 Å². The Hall–Kier alpha value is -10.2. The second-order valence-electron chi connectivity index (χ2n) is 21.9. The first-order valence-electron chi connectivity index (χ1n) is 29.4. The predicted octanol–water partition coefficient (Wildman–Crippen LogP) is 8.83. The molecule has 13 rings (SSSR count). The molecule has 3 saturated heterocycles. The van der Waals surface area contributed by atoms with Gasteiger partial charge in [0.05, 0.1) is 53.3 Å². The van der Waals surface area contributed by atoms with Crippen LogP contribution >= 0.6 is 0 Å². The van der Waals surface area contributed by atoms with Crippen LogP contribution in [0.2, 0.25) is 0 Å². The molecule has 7 aromatic carbocycles. The van der Waals surface area contributed by atoms with Gasteiger partial charge in [0.1, 0.15) is 48.5 Å². The number of carbonyl (C=O) groups excluding carboxylic acids is 3. The summed E-state index contributed by atoms with van der Waals surface area (Å²) in [5.41, 5.74) is 19.3. The molecule has 3 amide bonds. The van der Waals surface area contributed by atoms with Crippen LogP contribution in [0.5, 0.6) is 17.2 Å². The van der Waals surface area contributed by atoms with Gasteiger partial charge in [-0.1, -0.05) is 46.8 Å². The average Bonchev–Trinajstić information content (AvgIpc) is 3.49. The Bertz CT molecular complexity index is 3700. The van der Waals surface area contributed by atoms with Crippen LogP contribution in [0.4, 0.5) is 22.7 Å². The standard InChI is InChI=1S/C66H65N15O6/c82-64(61-4-1-31-67-61)70-49-13-19-55(20-14-49)79-37-52(73-76-79)40-85-58-25-7-43(8-26-58)46-34-47(44-9-27-59(28-10-44)86-41-53-38-80(77-74-53)56-21-15-50(16-22-56)71-65(83)62-5-2-32-68-62)36-48(35-46)45-11-29-60(30-12-45)87-42-54-39-81(78-75-54)57-23-17-51(18-24-57)72-66(84)63-6-3-33-69-63/h7-30,34-39,61-63,67-69,73,76H,1-6,31-33,40-42H2,(H,70,82)(H,71,83)(H,72,84)/t61-,62-,63-/m1/s1. The molecule has 0 aliphatic carbocycles. The van der Waals surface area contributed by atoms with Crippen molar-refractivity contribution in [3.8, 4) is 62.0 Å². The number of rotatable bonds is 21. The van der Waals surface area contributed by atoms with Crippen LogP contribution in [-0.2, 0) is 27.6 Å². The molecule has 0 unspecified atom stereocenters. The van der Waals surface area contributed by atoms with Gasteiger partial charge in [0.25, 0.3) is 0 Å². The van der Waals surface area contributed by atoms with Gasteiger partial charge in [-0.2, -0.15) is 0 Å². The van der Waals surface area contributed by atoms with Crippen molar-refractivity contribution < 1.29 is 28.6 Å². The SMILES string of the molecule is O=C(Nc1ccc(N2C=C(COc3ccc(-c4cc(-c5ccc(OCc6cn(-c7ccc(NC(=O)[C@H]8CCCN8)cc7)nn6)cc5)cc(-c5ccc(OCc6cn(-c7ccc(NC(=O)[C@H]8CCCN8)cc7)nn6)cc5)c4)cc3)NN2)cc1)[C@H]1CCCN1. The Balaban J connectivity index is 0.667. The lowest BCUT2D eigenvalue weighted by Gasteiger charge is -2.16. The van der Waals surface area contributed by atoms with Gasteiger partial charge in [-0.15, -0.1) is 15.7 Å². The Labute approximate surface area is 502 Å². The molecule has 8 N–H and O–H groups in total. The molecule has 2 aromatic heterocycles. The fourth-order valence-corrected chi connectivity index (χ4v) is 10.9. The van der Waals surface area contributed by atoms with Crippen LogP contribution in [0.25, 0.3) is 44.8 Å². The van der Waals surface area contributed by atoms with Gasteiger partial charge in [0.2, 0.25) is 17.7 Å². The van der Waals surface area contributed by atoms with Gasteiger partial charge >= 0.3 is 0 Å². The molecule has 4 aliphatic heterocycles. The number of benzene rings is 7. The van der Waals surface area contributed by atoms with E-state index in [9.17, 15) is 14.4 Å². The van der Waals surface area contributed by atoms with Crippen molar-refractivity contribution in [3.05, 3.63) is 199 Å². The summed E-state index contributed by atoms with van der Waals surface area (Å²) in [6.45, 7) is 3.33. The van der Waals surface area contributed by atoms with E-state index in [0.717, 1.165) is 131 Å². The minimum absolute atomic E-state index is 0.00875. The monoisotopic (exact) mass is 1160 g/mol. The summed E-state index contributed by atoms with van der Waals surface area (Å²) in [5, 5.41) is 37.9. The fourth-order valence-electron chi connectivity index (χ4n) is 10.9. The Kier molecular flexibility index (Phi) is 16.7. The molecule has 87 heavy (non-hydrogen) atoms. The Morgan fingerprint density at radius 2 is 0.793 bits per heavy atom. The number of carbonyl (C=O) groups is 3. The lowest BCUT2D eigenvalue weighted by Crippen LogP contribution is -2.37. The zero-order valence-electron chi connectivity index (χ0n) is 47.6. The van der Waals surface area contributed by atoms with E-state index in [0.29, 0.717) is 35.2 Å². The first-order chi connectivity index (χ1) is 42.7. The summed E-state index contributed by atoms with van der Waals surface area (Å²) in [5.74, 6) is 2.03. The van der Waals surface area contributed by atoms with E-state index in [-0.39, 0.29) is 49.1 Å². The van der Waals surface area contributed by atoms with Crippen LogP contribution in [0, 0.1) is 0 Å². The number of anilines is 4. The zero-order valence-corrected chi connectivity index (χ0v) is 47.6. The third-order valence-corrected chi connectivity index (χ3v) is 15.7. The van der Waals surface area contributed by atoms with E-state index in [2.05, 4.69) is 118 Å². The van der Waals surface area contributed by atoms with Gasteiger partial charge in [0, 0.05) is 23.3 Å². The predicted molar refractivity (Wildman–Crippen MR) is 332 cm³/mol. The highest BCUT2D eigenvalue weighted by Crippen LogP contribution is 2.35. The molecular weight excluding hydrogens is 1100 g/mol. The van der Waals surface area contributed by atoms with E-state index in [4.69, 9.17) is 14.2 Å². The van der Waals surface area contributed by atoms with Gasteiger partial charge in [0.15, 0.2) is 0 Å². The lowest BCUT2D eigenvalue weighted by atomic mass is 9.93. The fraction of sp³-hybridized carbons (Fsp3) is 0.227. The molecule has 0 bridgehead atoms. The number of nitrogens with one attached hydrogen (secondary N) is 8. The van der Waals surface area contributed by atoms with Crippen molar-refractivity contribution >= 4 is 40.5 Å². The maximum Gasteiger partial charge on any atom is 0.241 e. The number of hydrogen-bond donors (Lipinski definition) is 8. The normalized spacial score (nSPS) is 17.1. The number of hydrazine groups is 2. The van der Waals surface area contributed by atoms with Crippen LogP contribution in [0.15, 0.2) is 188 Å². The summed E-state index contributed by atoms with van der Waals surface area (Å²) in [4.78, 5) is 37.8. The van der Waals surface area contributed by atoms with Crippen LogP contribution in [-0.4, -0.2) is 92.1 Å². The molecule has 0 spiro atoms. The number of ether oxygens (including phenoxy) is 3. The summed E-state index contributed by atoms with van der Waals surface area (Å²) in [6, 6.07) is 52.9. The topological polar surface area (TPSA) is 240 Å². The largest absolute Gasteiger partial charge is 0.487 e. The minimum Gasteiger partial charge on any atom is -0.487 e. The van der Waals surface area contributed by atoms with Crippen LogP contribution in [0.3, 0.4) is 0 Å². The summed E-state index contributed by atoms with van der Waals surface area (Å²) >= 11 is 0. The molecule has 3 fully saturated rings. The molecule has 9 aromatic rings. The second kappa shape index (κ2) is 26.0. The van der Waals surface area contributed by atoms with E-state index in [1.807, 2.05) is 133 Å². The minimum atomic E-state index is -0.154. The first-order valence-corrected chi connectivity index (χ1v) is 29.4. The molecule has 0 radical (unpaired) electrons. The van der Waals surface area contributed by atoms with Crippen molar-refractivity contribution in [2.24, 2.45) is 0 Å². The molecule has 21 nitrogen and oxygen atoms in total. The quantitative estimate of drug-likeness (QED) is 0.0335. The molecule has 440 valence electrons. The Morgan fingerprint density at radius 3 is 1.15 bits per heavy atom. The second-order valence-corrected chi connectivity index (χ2v) is 21.9. The molecule has 0 saturated carbocycles. The maximum atomic E-state index is 12.6. The number of amides is 3. The third-order valence-electron chi connectivity index (χ3n) is 15.7. The van der Waals surface area contributed by atoms with Gasteiger partial charge in [-0.3, -0.25) is 19.4 Å². The van der Waals surface area contributed by atoms with Crippen molar-refractivity contribution in [3.63, 3.8) is 0 Å². The maximum absolute atomic E-state index is 12.6. The number of aromatic nitrogens is 6. The van der Waals surface area contributed by atoms with E-state index >= 15 is 0 Å². The molecule has 6 heterocycles. The molecular formula is C66H65N15O6. The van der Waals surface area contributed by atoms with E-state index < -0.39 is 0 Å². The van der Waals surface area contributed by atoms with Gasteiger partial charge in [-0.25, -0.2) is 9.36 Å². The average molecular weight is 1160 g/mol. The van der Waals surface area contributed by atoms with Gasteiger partial charge < -0.3 is 51.5 Å². The number of hydrogen-bond acceptors (Lipinski definition) is 16. The lowest BCUT2D eigenvalue weighted by molar-refractivity contribution is -0.118. The van der Waals surface area contributed by atoms with E-state index in [1.54, 1.807) is 9.36 Å². The summed E-state index contributed by atoms with van der Waals surface area (Å²) in [6.07, 6.45) is 11.1. The molecule has 3 atom stereocenters. The molecule has 4 aliphatic rings. The van der Waals surface area contributed by atoms with Crippen molar-refractivity contribution in [1.29, 1.82) is 0 Å². The summed E-state index contributed by atoms with van der Waals surface area (Å²) in [7, 11) is 0. The highest BCUT2D eigenvalue weighted by atomic mass is 16.5. The van der Waals surface area contributed by atoms with Crippen molar-refractivity contribution in [1.82, 2.24) is 56.9 Å². The van der Waals surface area contributed by atoms with Crippen LogP contribution < -0.4 is 62.1 Å². The van der Waals surface area contributed by atoms with E-state index in [1.165, 1.54) is 0 Å². The third kappa shape index (κ3) is 13.8. The Morgan fingerprint density at radius 1 is 0.437 bits per heavy atom. The highest BCUT2D eigenvalue weighted by molar-refractivity contribution is 5.96. The van der Waals surface area contributed by atoms with Crippen molar-refractivity contribution in [2.75, 3.05) is 47.2 Å².